The smallest absolute Gasteiger partial charge is 0.254 e. The fourth-order valence-electron chi connectivity index (χ4n) is 3.66. The van der Waals surface area contributed by atoms with Crippen LogP contribution in [0.4, 0.5) is 0 Å². The third-order valence-corrected chi connectivity index (χ3v) is 5.44. The van der Waals surface area contributed by atoms with Gasteiger partial charge in [0.2, 0.25) is 0 Å². The van der Waals surface area contributed by atoms with Crippen LogP contribution in [-0.2, 0) is 19.5 Å². The van der Waals surface area contributed by atoms with Gasteiger partial charge in [0, 0.05) is 28.3 Å². The molecule has 0 aliphatic carbocycles. The Morgan fingerprint density at radius 3 is 2.19 bits per heavy atom. The molecule has 1 aliphatic rings. The Bertz CT molecular complexity index is 1070. The summed E-state index contributed by atoms with van der Waals surface area (Å²) < 4.78 is 5.95. The van der Waals surface area contributed by atoms with Crippen LogP contribution in [0, 0.1) is 0 Å². The summed E-state index contributed by atoms with van der Waals surface area (Å²) >= 11 is 5.88. The SMILES string of the molecule is CN(C)Cc1cc2c(o1)CN(C(=O)c1ccc(C(=O)c3ccc(Cl)cc3)cc1)CC2.Cl. The van der Waals surface area contributed by atoms with Crippen molar-refractivity contribution in [2.75, 3.05) is 20.6 Å². The van der Waals surface area contributed by atoms with Crippen molar-refractivity contribution in [3.63, 3.8) is 0 Å². The molecule has 162 valence electrons. The zero-order valence-corrected chi connectivity index (χ0v) is 19.0. The quantitative estimate of drug-likeness (QED) is 0.512. The van der Waals surface area contributed by atoms with Gasteiger partial charge in [-0.15, -0.1) is 12.4 Å². The van der Waals surface area contributed by atoms with Gasteiger partial charge >= 0.3 is 0 Å². The Labute approximate surface area is 193 Å². The second kappa shape index (κ2) is 9.69. The number of ketones is 1. The Kier molecular flexibility index (Phi) is 7.21. The first kappa shape index (κ1) is 23.1. The molecule has 5 nitrogen and oxygen atoms in total. The predicted octanol–water partition coefficient (Wildman–Crippen LogP) is 4.85. The molecular formula is C24H24Cl2N2O3. The molecule has 0 radical (unpaired) electrons. The third-order valence-electron chi connectivity index (χ3n) is 5.19. The largest absolute Gasteiger partial charge is 0.463 e. The molecule has 0 saturated heterocycles. The fourth-order valence-corrected chi connectivity index (χ4v) is 3.78. The van der Waals surface area contributed by atoms with Crippen molar-refractivity contribution < 1.29 is 14.0 Å². The number of amides is 1. The van der Waals surface area contributed by atoms with Crippen LogP contribution in [0.2, 0.25) is 5.02 Å². The highest BCUT2D eigenvalue weighted by molar-refractivity contribution is 6.30. The first-order valence-electron chi connectivity index (χ1n) is 9.85. The van der Waals surface area contributed by atoms with E-state index in [1.54, 1.807) is 53.4 Å². The highest BCUT2D eigenvalue weighted by Gasteiger charge is 2.25. The number of rotatable bonds is 5. The van der Waals surface area contributed by atoms with Crippen LogP contribution in [0.5, 0.6) is 0 Å². The molecule has 0 fully saturated rings. The standard InChI is InChI=1S/C24H23ClN2O3.ClH/c1-26(2)14-21-13-19-11-12-27(15-22(19)30-21)24(29)18-5-3-16(4-6-18)23(28)17-7-9-20(25)10-8-17;/h3-10,13H,11-12,14-15H2,1-2H3;1H. The summed E-state index contributed by atoms with van der Waals surface area (Å²) in [7, 11) is 4.00. The number of nitrogens with zero attached hydrogens (tertiary/aromatic N) is 2. The molecule has 0 saturated carbocycles. The minimum Gasteiger partial charge on any atom is -0.463 e. The summed E-state index contributed by atoms with van der Waals surface area (Å²) in [6.07, 6.45) is 0.783. The van der Waals surface area contributed by atoms with Crippen molar-refractivity contribution in [1.82, 2.24) is 9.80 Å². The third kappa shape index (κ3) is 5.18. The van der Waals surface area contributed by atoms with E-state index in [9.17, 15) is 9.59 Å². The molecule has 2 aromatic carbocycles. The molecule has 0 spiro atoms. The molecule has 1 aromatic heterocycles. The number of halogens is 2. The van der Waals surface area contributed by atoms with Gasteiger partial charge in [0.15, 0.2) is 5.78 Å². The molecular weight excluding hydrogens is 435 g/mol. The molecule has 0 atom stereocenters. The van der Waals surface area contributed by atoms with E-state index < -0.39 is 0 Å². The average molecular weight is 459 g/mol. The molecule has 31 heavy (non-hydrogen) atoms. The van der Waals surface area contributed by atoms with Crippen LogP contribution in [0.15, 0.2) is 59.0 Å². The van der Waals surface area contributed by atoms with Gasteiger partial charge in [-0.05, 0) is 68.5 Å². The fraction of sp³-hybridized carbons (Fsp3) is 0.250. The van der Waals surface area contributed by atoms with Crippen LogP contribution < -0.4 is 0 Å². The molecule has 1 amide bonds. The van der Waals surface area contributed by atoms with E-state index in [4.69, 9.17) is 16.0 Å². The first-order chi connectivity index (χ1) is 14.4. The lowest BCUT2D eigenvalue weighted by atomic mass is 10.0. The van der Waals surface area contributed by atoms with Crippen molar-refractivity contribution in [1.29, 1.82) is 0 Å². The summed E-state index contributed by atoms with van der Waals surface area (Å²) in [5.74, 6) is 1.62. The first-order valence-corrected chi connectivity index (χ1v) is 10.2. The number of fused-ring (bicyclic) bond motifs is 1. The van der Waals surface area contributed by atoms with Gasteiger partial charge in [-0.3, -0.25) is 9.59 Å². The van der Waals surface area contributed by atoms with E-state index in [0.717, 1.165) is 24.5 Å². The van der Waals surface area contributed by atoms with Crippen LogP contribution in [0.25, 0.3) is 0 Å². The predicted molar refractivity (Wildman–Crippen MR) is 123 cm³/mol. The average Bonchev–Trinajstić information content (AvgIpc) is 3.14. The minimum absolute atomic E-state index is 0. The molecule has 2 heterocycles. The maximum atomic E-state index is 13.0. The van der Waals surface area contributed by atoms with Crippen molar-refractivity contribution in [3.8, 4) is 0 Å². The van der Waals surface area contributed by atoms with E-state index in [-0.39, 0.29) is 24.1 Å². The summed E-state index contributed by atoms with van der Waals surface area (Å²) in [6.45, 7) is 1.86. The van der Waals surface area contributed by atoms with E-state index in [2.05, 4.69) is 11.0 Å². The maximum absolute atomic E-state index is 13.0. The lowest BCUT2D eigenvalue weighted by Gasteiger charge is -2.26. The topological polar surface area (TPSA) is 53.8 Å². The summed E-state index contributed by atoms with van der Waals surface area (Å²) in [5, 5.41) is 0.586. The van der Waals surface area contributed by atoms with Gasteiger partial charge in [-0.25, -0.2) is 0 Å². The van der Waals surface area contributed by atoms with E-state index in [0.29, 0.717) is 34.8 Å². The highest BCUT2D eigenvalue weighted by Crippen LogP contribution is 2.25. The van der Waals surface area contributed by atoms with Crippen LogP contribution in [-0.4, -0.2) is 42.1 Å². The number of furan rings is 1. The van der Waals surface area contributed by atoms with Gasteiger partial charge in [-0.1, -0.05) is 23.7 Å². The Morgan fingerprint density at radius 2 is 1.58 bits per heavy atom. The second-order valence-electron chi connectivity index (χ2n) is 7.79. The van der Waals surface area contributed by atoms with Crippen molar-refractivity contribution >= 4 is 35.7 Å². The molecule has 0 bridgehead atoms. The summed E-state index contributed by atoms with van der Waals surface area (Å²) in [6, 6.07) is 15.7. The van der Waals surface area contributed by atoms with Crippen LogP contribution >= 0.6 is 24.0 Å². The van der Waals surface area contributed by atoms with Crippen LogP contribution in [0.1, 0.15) is 43.4 Å². The van der Waals surface area contributed by atoms with Gasteiger partial charge in [0.05, 0.1) is 13.1 Å². The summed E-state index contributed by atoms with van der Waals surface area (Å²) in [5.41, 5.74) is 2.84. The van der Waals surface area contributed by atoms with Crippen LogP contribution in [0.3, 0.4) is 0 Å². The molecule has 3 aromatic rings. The normalized spacial score (nSPS) is 13.0. The van der Waals surface area contributed by atoms with E-state index in [1.165, 1.54) is 5.56 Å². The number of carbonyl (C=O) groups excluding carboxylic acids is 2. The van der Waals surface area contributed by atoms with Crippen molar-refractivity contribution in [2.24, 2.45) is 0 Å². The lowest BCUT2D eigenvalue weighted by molar-refractivity contribution is 0.0718. The number of hydrogen-bond acceptors (Lipinski definition) is 4. The number of benzene rings is 2. The van der Waals surface area contributed by atoms with E-state index in [1.807, 2.05) is 14.1 Å². The highest BCUT2D eigenvalue weighted by atomic mass is 35.5. The molecule has 4 rings (SSSR count). The Balaban J connectivity index is 0.00000272. The van der Waals surface area contributed by atoms with Crippen molar-refractivity contribution in [3.05, 3.63) is 93.4 Å². The van der Waals surface area contributed by atoms with Gasteiger partial charge in [-0.2, -0.15) is 0 Å². The van der Waals surface area contributed by atoms with Gasteiger partial charge < -0.3 is 14.2 Å². The number of carbonyl (C=O) groups is 2. The van der Waals surface area contributed by atoms with Gasteiger partial charge in [0.1, 0.15) is 11.5 Å². The zero-order chi connectivity index (χ0) is 21.3. The monoisotopic (exact) mass is 458 g/mol. The van der Waals surface area contributed by atoms with E-state index >= 15 is 0 Å². The van der Waals surface area contributed by atoms with Crippen molar-refractivity contribution in [2.45, 2.75) is 19.5 Å². The Morgan fingerprint density at radius 1 is 1.00 bits per heavy atom. The minimum atomic E-state index is -0.0997. The molecule has 0 unspecified atom stereocenters. The second-order valence-corrected chi connectivity index (χ2v) is 8.23. The molecule has 0 N–H and O–H groups in total. The zero-order valence-electron chi connectivity index (χ0n) is 17.4. The Hall–Kier alpha value is -2.60. The maximum Gasteiger partial charge on any atom is 0.254 e. The molecule has 7 heteroatoms. The van der Waals surface area contributed by atoms with Gasteiger partial charge in [0.25, 0.3) is 5.91 Å². The summed E-state index contributed by atoms with van der Waals surface area (Å²) in [4.78, 5) is 29.4. The lowest BCUT2D eigenvalue weighted by Crippen LogP contribution is -2.35. The molecule has 1 aliphatic heterocycles. The number of hydrogen-bond donors (Lipinski definition) is 0.